The molecule has 2 saturated heterocycles. The van der Waals surface area contributed by atoms with Crippen LogP contribution in [-0.4, -0.2) is 256 Å². The fourth-order valence-electron chi connectivity index (χ4n) is 8.79. The number of phosphoric acid groups is 6. The number of carboxylic acids is 1. The molecule has 4 unspecified atom stereocenters. The number of amides is 4. The van der Waals surface area contributed by atoms with Gasteiger partial charge in [-0.05, 0) is 0 Å². The number of hydrogen-bond donors (Lipinski definition) is 19. The van der Waals surface area contributed by atoms with Crippen molar-refractivity contribution >= 4 is 144 Å². The molecule has 21 N–H and O–H groups in total. The van der Waals surface area contributed by atoms with Gasteiger partial charge in [0.1, 0.15) is 78.9 Å². The van der Waals surface area contributed by atoms with Gasteiger partial charge in [-0.1, -0.05) is 51.2 Å². The van der Waals surface area contributed by atoms with Gasteiger partial charge in [-0.15, -0.1) is 0 Å². The third kappa shape index (κ3) is 28.8. The smallest absolute Gasteiger partial charge is 0.481 e. The number of nitrogens with two attached hydrogens (primary N) is 2. The molecule has 105 heavy (non-hydrogen) atoms. The van der Waals surface area contributed by atoms with Gasteiger partial charge in [-0.25, -0.2) is 57.3 Å². The molecule has 0 radical (unpaired) electrons. The standard InChI is InChI=1S/C24H38N7O19P3S.C23H38N7O17P3S/c1-24(2,19(37)22(38)27-4-3-13(32)26-5-6-54-15(35)7-14(33)34)9-47-53(44,45)50-52(42,43)46-8-12-18(49-51(39,40)41)17(36)23(48-12)31-11-30-16-20(25)28-10-29-21(16)31;1-12(31)51-7-6-25-14(32)4-5-26-21(35)18(34)23(2,3)9-44-50(41,42)47-49(39,40)43-8-13-17(46-48(36,37)38)16(33)22(45-13)30-11-29-15-19(24)27-10-28-20(15)30/h10-12,17-19,23,36-37H,3-9H2,1-2H3,(H,26,32)(H,27,38)(H,33,34)(H,42,43)(H,44,45)(H2,25,28,29)(H2,39,40,41);10-11,13,16-18,22,33-34H,4-9H2,1-3H3,(H,25,32)(H,26,35)(H,39,40)(H,41,42)(H2,24,27,28)(H2,36,37,38)/t12-,17-,18-,19+,23-;13-,16-,17-,18+,22-/m11/s1. The first-order chi connectivity index (χ1) is 48.4. The first kappa shape index (κ1) is 90.2. The van der Waals surface area contributed by atoms with Gasteiger partial charge >= 0.3 is 52.9 Å². The number of fused-ring (bicyclic) bond motifs is 2. The van der Waals surface area contributed by atoms with Crippen LogP contribution < -0.4 is 32.7 Å². The quantitative estimate of drug-likeness (QED) is 0.0119. The van der Waals surface area contributed by atoms with Crippen LogP contribution in [-0.2, 0) is 106 Å². The molecular weight excluding hydrogens is 1590 g/mol. The molecule has 0 bridgehead atoms. The number of imidazole rings is 2. The van der Waals surface area contributed by atoms with Crippen LogP contribution in [0.5, 0.6) is 0 Å². The molecule has 0 saturated carbocycles. The lowest BCUT2D eigenvalue weighted by Gasteiger charge is -2.30. The highest BCUT2D eigenvalue weighted by molar-refractivity contribution is 8.13. The zero-order valence-corrected chi connectivity index (χ0v) is 62.2. The zero-order valence-electron chi connectivity index (χ0n) is 55.2. The van der Waals surface area contributed by atoms with Crippen LogP contribution in [0.15, 0.2) is 25.3 Å². The summed E-state index contributed by atoms with van der Waals surface area (Å²) in [4.78, 5) is 183. The summed E-state index contributed by atoms with van der Waals surface area (Å²) in [6.45, 7) is 2.03. The predicted molar refractivity (Wildman–Crippen MR) is 352 cm³/mol. The second-order valence-electron chi connectivity index (χ2n) is 23.3. The van der Waals surface area contributed by atoms with E-state index in [1.807, 2.05) is 0 Å². The van der Waals surface area contributed by atoms with E-state index in [9.17, 15) is 121 Å². The maximum Gasteiger partial charge on any atom is 0.481 e. The van der Waals surface area contributed by atoms with E-state index in [1.54, 1.807) is 0 Å². The number of phosphoric ester groups is 6. The highest BCUT2D eigenvalue weighted by Crippen LogP contribution is 2.63. The highest BCUT2D eigenvalue weighted by Gasteiger charge is 2.53. The molecule has 58 heteroatoms. The summed E-state index contributed by atoms with van der Waals surface area (Å²) in [5.41, 5.74) is 8.45. The number of carbonyl (C=O) groups excluding carboxylic acids is 6. The lowest BCUT2D eigenvalue weighted by Crippen LogP contribution is -2.46. The number of carboxylic acid groups (broad SMARTS) is 1. The summed E-state index contributed by atoms with van der Waals surface area (Å²) in [6.07, 6.45) is -14.7. The van der Waals surface area contributed by atoms with Crippen molar-refractivity contribution in [1.82, 2.24) is 60.3 Å². The van der Waals surface area contributed by atoms with Crippen LogP contribution in [0.1, 0.15) is 66.3 Å². The maximum absolute atomic E-state index is 12.6. The second-order valence-corrected chi connectivity index (χ2v) is 34.2. The number of ether oxygens (including phenoxy) is 2. The monoisotopic (exact) mass is 1660 g/mol. The van der Waals surface area contributed by atoms with Crippen LogP contribution in [0, 0.1) is 10.8 Å². The molecule has 4 aromatic heterocycles. The molecule has 2 aliphatic rings. The summed E-state index contributed by atoms with van der Waals surface area (Å²) in [7, 11) is -32.8. The number of aliphatic hydroxyl groups is 4. The number of rotatable bonds is 40. The average molecular weight is 1660 g/mol. The van der Waals surface area contributed by atoms with Crippen LogP contribution >= 0.6 is 70.5 Å². The molecule has 14 atom stereocenters. The average Bonchev–Trinajstić information content (AvgIpc) is 1.62. The van der Waals surface area contributed by atoms with Gasteiger partial charge in [-0.3, -0.25) is 69.8 Å². The Balaban J connectivity index is 0.000000378. The van der Waals surface area contributed by atoms with Gasteiger partial charge in [0.25, 0.3) is 0 Å². The number of nitrogens with one attached hydrogen (secondary N) is 4. The summed E-state index contributed by atoms with van der Waals surface area (Å²) < 4.78 is 124. The lowest BCUT2D eigenvalue weighted by molar-refractivity contribution is -0.139. The molecule has 4 aromatic rings. The van der Waals surface area contributed by atoms with Crippen molar-refractivity contribution < 1.29 is 171 Å². The molecule has 592 valence electrons. The first-order valence-electron chi connectivity index (χ1n) is 29.7. The minimum Gasteiger partial charge on any atom is -0.481 e. The summed E-state index contributed by atoms with van der Waals surface area (Å²) in [6, 6.07) is 0. The third-order valence-corrected chi connectivity index (χ3v) is 21.8. The Morgan fingerprint density at radius 2 is 0.924 bits per heavy atom. The topological polar surface area (TPSA) is 765 Å². The van der Waals surface area contributed by atoms with Gasteiger partial charge in [0.05, 0.1) is 39.1 Å². The Labute approximate surface area is 600 Å². The second kappa shape index (κ2) is 38.3. The molecule has 0 aromatic carbocycles. The van der Waals surface area contributed by atoms with Crippen molar-refractivity contribution in [3.8, 4) is 0 Å². The number of anilines is 2. The van der Waals surface area contributed by atoms with E-state index < -0.39 is 187 Å². The Morgan fingerprint density at radius 3 is 1.28 bits per heavy atom. The normalized spacial score (nSPS) is 22.3. The summed E-state index contributed by atoms with van der Waals surface area (Å²) >= 11 is 1.74. The van der Waals surface area contributed by atoms with E-state index >= 15 is 0 Å². The molecule has 50 nitrogen and oxygen atoms in total. The predicted octanol–water partition coefficient (Wildman–Crippen LogP) is -3.18. The van der Waals surface area contributed by atoms with Gasteiger partial charge < -0.3 is 107 Å². The van der Waals surface area contributed by atoms with Crippen LogP contribution in [0.4, 0.5) is 11.6 Å². The number of nitrogens with zero attached hydrogens (tertiary/aromatic N) is 8. The Hall–Kier alpha value is -5.41. The van der Waals surface area contributed by atoms with E-state index in [2.05, 4.69) is 68.8 Å². The molecule has 0 aliphatic carbocycles. The number of thioether (sulfide) groups is 2. The van der Waals surface area contributed by atoms with Crippen molar-refractivity contribution in [1.29, 1.82) is 0 Å². The Kier molecular flexibility index (Phi) is 32.9. The van der Waals surface area contributed by atoms with Crippen molar-refractivity contribution in [3.05, 3.63) is 25.3 Å². The van der Waals surface area contributed by atoms with Crippen LogP contribution in [0.3, 0.4) is 0 Å². The number of aliphatic carboxylic acids is 1. The van der Waals surface area contributed by atoms with Crippen LogP contribution in [0.2, 0.25) is 0 Å². The van der Waals surface area contributed by atoms with Gasteiger partial charge in [0, 0.05) is 68.3 Å². The van der Waals surface area contributed by atoms with E-state index in [-0.39, 0.29) is 83.9 Å². The fourth-order valence-corrected chi connectivity index (χ4v) is 15.6. The molecule has 6 heterocycles. The summed E-state index contributed by atoms with van der Waals surface area (Å²) in [5, 5.41) is 60.1. The largest absolute Gasteiger partial charge is 0.481 e. The number of carbonyl (C=O) groups is 7. The van der Waals surface area contributed by atoms with Crippen molar-refractivity contribution in [3.63, 3.8) is 0 Å². The van der Waals surface area contributed by atoms with E-state index in [0.717, 1.165) is 58.0 Å². The third-order valence-electron chi connectivity index (χ3n) is 13.9. The molecule has 2 fully saturated rings. The highest BCUT2D eigenvalue weighted by atomic mass is 32.2. The Bertz CT molecular complexity index is 4040. The molecule has 6 rings (SSSR count). The van der Waals surface area contributed by atoms with Crippen molar-refractivity contribution in [2.75, 3.05) is 75.6 Å². The minimum absolute atomic E-state index is 0.0185. The fraction of sp³-hybridized carbons (Fsp3) is 0.638. The van der Waals surface area contributed by atoms with Gasteiger partial charge in [0.15, 0.2) is 45.6 Å². The van der Waals surface area contributed by atoms with Crippen LogP contribution in [0.25, 0.3) is 22.3 Å². The Morgan fingerprint density at radius 1 is 0.562 bits per heavy atom. The van der Waals surface area contributed by atoms with Crippen molar-refractivity contribution in [2.45, 2.75) is 115 Å². The molecule has 0 spiro atoms. The number of aromatic nitrogens is 8. The summed E-state index contributed by atoms with van der Waals surface area (Å²) in [5.74, 6) is -3.88. The molecule has 2 aliphatic heterocycles. The van der Waals surface area contributed by atoms with E-state index in [4.69, 9.17) is 44.1 Å². The number of aliphatic hydroxyl groups excluding tert-OH is 4. The first-order valence-corrected chi connectivity index (χ1v) is 40.7. The van der Waals surface area contributed by atoms with Crippen molar-refractivity contribution in [2.24, 2.45) is 10.8 Å². The van der Waals surface area contributed by atoms with Gasteiger partial charge in [-0.2, -0.15) is 8.62 Å². The molecular formula is C47H76N14O36P6S2. The van der Waals surface area contributed by atoms with Gasteiger partial charge in [0.2, 0.25) is 23.6 Å². The minimum atomic E-state index is -5.59. The lowest BCUT2D eigenvalue weighted by atomic mass is 9.87. The number of hydrogen-bond acceptors (Lipinski definition) is 37. The molecule has 4 amide bonds. The SMILES string of the molecule is CC(=O)SCCNC(=O)CCNC(=O)[C@H](O)C(C)(C)COP(=O)(O)OP(=O)(O)OC[C@H]1O[C@@H](n2cnc3c(N)ncnc32)[C@H](O)[C@@H]1OP(=O)(O)O.CC(C)(COP(=O)(O)OP(=O)(O)OC[C@H]1O[C@@H](n2cnc3c(N)ncnc32)[C@H](O)[C@@H]1OP(=O)(O)O)[C@@H](O)C(=O)NCCC(=O)NCCSC(=O)CC(=O)O. The number of nitrogen functional groups attached to an aromatic ring is 2. The van der Waals surface area contributed by atoms with E-state index in [0.29, 0.717) is 5.75 Å². The zero-order chi connectivity index (χ0) is 79.0. The maximum atomic E-state index is 12.6. The van der Waals surface area contributed by atoms with E-state index in [1.165, 1.54) is 34.6 Å².